The molecular weight excluding hydrogens is 128 g/mol. The van der Waals surface area contributed by atoms with E-state index in [2.05, 4.69) is 6.58 Å². The highest BCUT2D eigenvalue weighted by molar-refractivity contribution is 5.41. The molecule has 10 heavy (non-hydrogen) atoms. The lowest BCUT2D eigenvalue weighted by atomic mass is 10.1. The maximum absolute atomic E-state index is 10.8. The van der Waals surface area contributed by atoms with Crippen molar-refractivity contribution in [3.8, 4) is 0 Å². The van der Waals surface area contributed by atoms with E-state index in [4.69, 9.17) is 4.74 Å². The fourth-order valence-corrected chi connectivity index (χ4v) is 0.712. The molecule has 0 spiro atoms. The molecule has 0 amide bonds. The summed E-state index contributed by atoms with van der Waals surface area (Å²) in [5.41, 5.74) is 0.788. The van der Waals surface area contributed by atoms with Crippen molar-refractivity contribution in [1.82, 2.24) is 0 Å². The number of methoxy groups -OCH3 is 1. The van der Waals surface area contributed by atoms with Crippen molar-refractivity contribution < 1.29 is 9.84 Å². The van der Waals surface area contributed by atoms with Gasteiger partial charge in [-0.25, -0.2) is 0 Å². The first-order valence-corrected chi connectivity index (χ1v) is 2.91. The molecule has 1 rings (SSSR count). The van der Waals surface area contributed by atoms with Gasteiger partial charge in [0.05, 0.1) is 7.11 Å². The monoisotopic (exact) mass is 136 g/mol. The first-order valence-electron chi connectivity index (χ1n) is 2.91. The molecule has 2 nitrogen and oxygen atoms in total. The van der Waals surface area contributed by atoms with E-state index < -0.39 is 0 Å². The SMILES string of the molecule is C=C1C=C(OC)C([O-])=C[CH-]1. The highest BCUT2D eigenvalue weighted by Gasteiger charge is 1.92. The Morgan fingerprint density at radius 3 is 2.90 bits per heavy atom. The third kappa shape index (κ3) is 1.16. The summed E-state index contributed by atoms with van der Waals surface area (Å²) in [7, 11) is 1.47. The van der Waals surface area contributed by atoms with Gasteiger partial charge in [0.25, 0.3) is 0 Å². The minimum atomic E-state index is -0.102. The van der Waals surface area contributed by atoms with Gasteiger partial charge in [-0.2, -0.15) is 24.0 Å². The number of hydrogen-bond acceptors (Lipinski definition) is 2. The Labute approximate surface area is 60.1 Å². The lowest BCUT2D eigenvalue weighted by molar-refractivity contribution is -0.302. The average Bonchev–Trinajstić information content (AvgIpc) is 1.94. The highest BCUT2D eigenvalue weighted by Crippen LogP contribution is 2.16. The molecule has 0 aliphatic heterocycles. The predicted octanol–water partition coefficient (Wildman–Crippen LogP) is 0.535. The average molecular weight is 136 g/mol. The zero-order valence-electron chi connectivity index (χ0n) is 5.76. The Morgan fingerprint density at radius 1 is 1.70 bits per heavy atom. The maximum Gasteiger partial charge on any atom is 0.0750 e. The van der Waals surface area contributed by atoms with Gasteiger partial charge in [0.1, 0.15) is 0 Å². The third-order valence-electron chi connectivity index (χ3n) is 1.23. The van der Waals surface area contributed by atoms with Gasteiger partial charge in [-0.3, -0.25) is 0 Å². The Morgan fingerprint density at radius 2 is 2.40 bits per heavy atom. The van der Waals surface area contributed by atoms with Crippen LogP contribution in [0.1, 0.15) is 0 Å². The summed E-state index contributed by atoms with van der Waals surface area (Å²) in [6, 6.07) is 0. The summed E-state index contributed by atoms with van der Waals surface area (Å²) in [6.07, 6.45) is 4.72. The quantitative estimate of drug-likeness (QED) is 0.493. The molecule has 0 N–H and O–H groups in total. The van der Waals surface area contributed by atoms with Gasteiger partial charge in [-0.15, -0.1) is 12.5 Å². The lowest BCUT2D eigenvalue weighted by Crippen LogP contribution is -2.11. The first-order chi connectivity index (χ1) is 4.74. The molecule has 0 aromatic heterocycles. The Hall–Kier alpha value is -1.31. The van der Waals surface area contributed by atoms with E-state index in [0.717, 1.165) is 5.57 Å². The molecule has 0 bridgehead atoms. The molecule has 54 valence electrons. The molecule has 0 heterocycles. The Balaban J connectivity index is 2.84. The predicted molar refractivity (Wildman–Crippen MR) is 36.6 cm³/mol. The number of ether oxygens (including phenoxy) is 1. The van der Waals surface area contributed by atoms with Gasteiger partial charge in [0, 0.05) is 5.76 Å². The molecule has 0 saturated carbocycles. The zero-order valence-corrected chi connectivity index (χ0v) is 5.76. The van der Waals surface area contributed by atoms with Crippen LogP contribution >= 0.6 is 0 Å². The van der Waals surface area contributed by atoms with E-state index in [-0.39, 0.29) is 5.76 Å². The van der Waals surface area contributed by atoms with Crippen LogP contribution in [0.4, 0.5) is 0 Å². The van der Waals surface area contributed by atoms with Crippen molar-refractivity contribution in [3.63, 3.8) is 0 Å². The van der Waals surface area contributed by atoms with Crippen LogP contribution in [-0.4, -0.2) is 7.11 Å². The zero-order chi connectivity index (χ0) is 7.56. The highest BCUT2D eigenvalue weighted by atomic mass is 16.5. The summed E-state index contributed by atoms with van der Waals surface area (Å²) >= 11 is 0. The van der Waals surface area contributed by atoms with Crippen LogP contribution in [0.25, 0.3) is 0 Å². The van der Waals surface area contributed by atoms with E-state index in [0.29, 0.717) is 5.76 Å². The van der Waals surface area contributed by atoms with Crippen molar-refractivity contribution in [2.75, 3.05) is 7.11 Å². The molecule has 0 fully saturated rings. The maximum atomic E-state index is 10.8. The number of allylic oxidation sites excluding steroid dienone is 3. The molecular formula is C8H8O2-2. The van der Waals surface area contributed by atoms with Gasteiger partial charge in [-0.05, 0) is 0 Å². The van der Waals surface area contributed by atoms with E-state index in [1.807, 2.05) is 0 Å². The minimum Gasteiger partial charge on any atom is -0.912 e. The van der Waals surface area contributed by atoms with Crippen molar-refractivity contribution in [3.05, 3.63) is 42.2 Å². The second-order valence-corrected chi connectivity index (χ2v) is 1.99. The number of hydrogen-bond donors (Lipinski definition) is 0. The fraction of sp³-hybridized carbons (Fsp3) is 0.125. The van der Waals surface area contributed by atoms with Gasteiger partial charge in [-0.1, -0.05) is 0 Å². The summed E-state index contributed by atoms with van der Waals surface area (Å²) < 4.78 is 4.77. The number of rotatable bonds is 1. The fourth-order valence-electron chi connectivity index (χ4n) is 0.712. The van der Waals surface area contributed by atoms with Gasteiger partial charge >= 0.3 is 0 Å². The van der Waals surface area contributed by atoms with Crippen LogP contribution in [-0.2, 0) is 4.74 Å². The van der Waals surface area contributed by atoms with E-state index in [1.165, 1.54) is 13.2 Å². The second-order valence-electron chi connectivity index (χ2n) is 1.99. The molecule has 1 aliphatic carbocycles. The van der Waals surface area contributed by atoms with Crippen molar-refractivity contribution >= 4 is 0 Å². The van der Waals surface area contributed by atoms with Crippen molar-refractivity contribution in [2.45, 2.75) is 0 Å². The Kier molecular flexibility index (Phi) is 1.71. The topological polar surface area (TPSA) is 32.3 Å². The largest absolute Gasteiger partial charge is 0.912 e. The summed E-state index contributed by atoms with van der Waals surface area (Å²) in [5.74, 6) is 0.252. The molecule has 0 atom stereocenters. The van der Waals surface area contributed by atoms with E-state index in [1.54, 1.807) is 12.5 Å². The summed E-state index contributed by atoms with van der Waals surface area (Å²) in [4.78, 5) is 0. The molecule has 0 aromatic carbocycles. The minimum absolute atomic E-state index is 0.102. The lowest BCUT2D eigenvalue weighted by Gasteiger charge is -2.26. The van der Waals surface area contributed by atoms with E-state index in [9.17, 15) is 5.11 Å². The van der Waals surface area contributed by atoms with Gasteiger partial charge < -0.3 is 9.84 Å². The van der Waals surface area contributed by atoms with Crippen LogP contribution in [0.5, 0.6) is 0 Å². The van der Waals surface area contributed by atoms with Gasteiger partial charge in [0.15, 0.2) is 0 Å². The molecule has 0 saturated heterocycles. The Bertz CT molecular complexity index is 211. The second kappa shape index (κ2) is 2.52. The van der Waals surface area contributed by atoms with Gasteiger partial charge in [0.2, 0.25) is 0 Å². The first kappa shape index (κ1) is 6.81. The van der Waals surface area contributed by atoms with Crippen LogP contribution < -0.4 is 5.11 Å². The van der Waals surface area contributed by atoms with Crippen molar-refractivity contribution in [1.29, 1.82) is 0 Å². The smallest absolute Gasteiger partial charge is 0.0750 e. The van der Waals surface area contributed by atoms with E-state index >= 15 is 0 Å². The molecule has 1 aliphatic rings. The normalized spacial score (nSPS) is 17.1. The molecule has 0 unspecified atom stereocenters. The molecule has 0 radical (unpaired) electrons. The third-order valence-corrected chi connectivity index (χ3v) is 1.23. The molecule has 0 aromatic rings. The summed E-state index contributed by atoms with van der Waals surface area (Å²) in [6.45, 7) is 3.65. The van der Waals surface area contributed by atoms with Crippen LogP contribution in [0.15, 0.2) is 35.8 Å². The van der Waals surface area contributed by atoms with Crippen molar-refractivity contribution in [2.24, 2.45) is 0 Å². The van der Waals surface area contributed by atoms with Crippen LogP contribution in [0.2, 0.25) is 0 Å². The molecule has 2 heteroatoms. The standard InChI is InChI=1S/C8H9O2/c1-6-3-4-7(9)8(5-6)10-2/h3-5,9H,1H2,2H3/q-1/p-1. The van der Waals surface area contributed by atoms with Crippen LogP contribution in [0.3, 0.4) is 0 Å². The van der Waals surface area contributed by atoms with Crippen LogP contribution in [0, 0.1) is 6.42 Å². The summed E-state index contributed by atoms with van der Waals surface area (Å²) in [5, 5.41) is 10.8.